The highest BCUT2D eigenvalue weighted by atomic mass is 16.5. The summed E-state index contributed by atoms with van der Waals surface area (Å²) in [6, 6.07) is 5.43. The quantitative estimate of drug-likeness (QED) is 0.819. The number of rotatable bonds is 5. The predicted octanol–water partition coefficient (Wildman–Crippen LogP) is 1.12. The second-order valence-corrected chi connectivity index (χ2v) is 4.32. The molecule has 0 aliphatic carbocycles. The van der Waals surface area contributed by atoms with Gasteiger partial charge in [-0.15, -0.1) is 0 Å². The van der Waals surface area contributed by atoms with E-state index >= 15 is 0 Å². The van der Waals surface area contributed by atoms with Gasteiger partial charge in [-0.3, -0.25) is 14.7 Å². The van der Waals surface area contributed by atoms with E-state index in [1.165, 1.54) is 0 Å². The molecule has 102 valence electrons. The van der Waals surface area contributed by atoms with Gasteiger partial charge < -0.3 is 9.15 Å². The Kier molecular flexibility index (Phi) is 4.01. The van der Waals surface area contributed by atoms with Crippen LogP contribution in [0.5, 0.6) is 0 Å². The number of fused-ring (bicyclic) bond motifs is 1. The Morgan fingerprint density at radius 2 is 2.26 bits per heavy atom. The molecular weight excluding hydrogens is 248 g/mol. The first kappa shape index (κ1) is 13.4. The average Bonchev–Trinajstić information content (AvgIpc) is 2.68. The Morgan fingerprint density at radius 3 is 3.00 bits per heavy atom. The largest absolute Gasteiger partial charge is 0.465 e. The fraction of sp³-hybridized carbons (Fsp3) is 0.385. The van der Waals surface area contributed by atoms with Gasteiger partial charge in [0.2, 0.25) is 0 Å². The first-order valence-electron chi connectivity index (χ1n) is 6.04. The topological polar surface area (TPSA) is 75.5 Å². The van der Waals surface area contributed by atoms with E-state index < -0.39 is 5.76 Å². The molecule has 0 fully saturated rings. The van der Waals surface area contributed by atoms with Crippen molar-refractivity contribution in [1.82, 2.24) is 9.88 Å². The second-order valence-electron chi connectivity index (χ2n) is 4.32. The molecule has 2 aromatic rings. The van der Waals surface area contributed by atoms with E-state index in [1.807, 2.05) is 24.1 Å². The fourth-order valence-electron chi connectivity index (χ4n) is 1.89. The van der Waals surface area contributed by atoms with Crippen LogP contribution in [0.15, 0.2) is 27.4 Å². The van der Waals surface area contributed by atoms with Crippen LogP contribution < -0.4 is 5.76 Å². The lowest BCUT2D eigenvalue weighted by atomic mass is 10.2. The molecule has 0 atom stereocenters. The van der Waals surface area contributed by atoms with Gasteiger partial charge in [0.15, 0.2) is 5.58 Å². The van der Waals surface area contributed by atoms with Gasteiger partial charge in [-0.05, 0) is 31.7 Å². The molecular formula is C13H16N2O4. The number of carbonyl (C=O) groups is 1. The van der Waals surface area contributed by atoms with Gasteiger partial charge in [0.1, 0.15) is 0 Å². The highest BCUT2D eigenvalue weighted by molar-refractivity contribution is 5.73. The third-order valence-corrected chi connectivity index (χ3v) is 2.64. The molecule has 1 aromatic heterocycles. The molecule has 0 bridgehead atoms. The van der Waals surface area contributed by atoms with Gasteiger partial charge in [0.25, 0.3) is 0 Å². The Balaban J connectivity index is 2.04. The van der Waals surface area contributed by atoms with Crippen molar-refractivity contribution in [3.63, 3.8) is 0 Å². The van der Waals surface area contributed by atoms with E-state index in [0.29, 0.717) is 24.3 Å². The molecule has 6 nitrogen and oxygen atoms in total. The van der Waals surface area contributed by atoms with Gasteiger partial charge >= 0.3 is 11.7 Å². The SMILES string of the molecule is CCOC(=O)CN(C)Cc1ccc2oc(=O)[nH]c2c1. The summed E-state index contributed by atoms with van der Waals surface area (Å²) < 4.78 is 9.81. The summed E-state index contributed by atoms with van der Waals surface area (Å²) >= 11 is 0. The van der Waals surface area contributed by atoms with Crippen LogP contribution in [0, 0.1) is 0 Å². The van der Waals surface area contributed by atoms with Crippen LogP contribution in [-0.2, 0) is 16.1 Å². The summed E-state index contributed by atoms with van der Waals surface area (Å²) in [5, 5.41) is 0. The number of aromatic amines is 1. The summed E-state index contributed by atoms with van der Waals surface area (Å²) in [5.41, 5.74) is 2.17. The predicted molar refractivity (Wildman–Crippen MR) is 69.8 cm³/mol. The minimum Gasteiger partial charge on any atom is -0.465 e. The van der Waals surface area contributed by atoms with Crippen LogP contribution in [0.4, 0.5) is 0 Å². The van der Waals surface area contributed by atoms with Crippen molar-refractivity contribution in [2.45, 2.75) is 13.5 Å². The molecule has 0 saturated heterocycles. The maximum absolute atomic E-state index is 11.3. The van der Waals surface area contributed by atoms with Gasteiger partial charge in [0, 0.05) is 6.54 Å². The van der Waals surface area contributed by atoms with E-state index in [-0.39, 0.29) is 12.5 Å². The van der Waals surface area contributed by atoms with Crippen LogP contribution in [0.3, 0.4) is 0 Å². The Labute approximate surface area is 110 Å². The number of esters is 1. The molecule has 19 heavy (non-hydrogen) atoms. The molecule has 1 aromatic carbocycles. The first-order valence-corrected chi connectivity index (χ1v) is 6.04. The highest BCUT2D eigenvalue weighted by Gasteiger charge is 2.09. The van der Waals surface area contributed by atoms with E-state index in [4.69, 9.17) is 9.15 Å². The highest BCUT2D eigenvalue weighted by Crippen LogP contribution is 2.13. The lowest BCUT2D eigenvalue weighted by Crippen LogP contribution is -2.26. The average molecular weight is 264 g/mol. The van der Waals surface area contributed by atoms with Gasteiger partial charge in [-0.2, -0.15) is 0 Å². The third kappa shape index (κ3) is 3.45. The first-order chi connectivity index (χ1) is 9.08. The smallest absolute Gasteiger partial charge is 0.417 e. The molecule has 0 unspecified atom stereocenters. The molecule has 0 aliphatic heterocycles. The number of nitrogens with zero attached hydrogens (tertiary/aromatic N) is 1. The van der Waals surface area contributed by atoms with Crippen molar-refractivity contribution < 1.29 is 13.9 Å². The summed E-state index contributed by atoms with van der Waals surface area (Å²) in [7, 11) is 1.83. The number of nitrogens with one attached hydrogen (secondary N) is 1. The monoisotopic (exact) mass is 264 g/mol. The van der Waals surface area contributed by atoms with Crippen LogP contribution in [0.25, 0.3) is 11.1 Å². The lowest BCUT2D eigenvalue weighted by Gasteiger charge is -2.15. The Hall–Kier alpha value is -2.08. The third-order valence-electron chi connectivity index (χ3n) is 2.64. The summed E-state index contributed by atoms with van der Waals surface area (Å²) in [6.07, 6.45) is 0. The maximum atomic E-state index is 11.3. The second kappa shape index (κ2) is 5.71. The van der Waals surface area contributed by atoms with Crippen LogP contribution in [0.1, 0.15) is 12.5 Å². The minimum atomic E-state index is -0.466. The molecule has 0 aliphatic rings. The van der Waals surface area contributed by atoms with Crippen LogP contribution in [0.2, 0.25) is 0 Å². The van der Waals surface area contributed by atoms with E-state index in [9.17, 15) is 9.59 Å². The normalized spacial score (nSPS) is 11.1. The number of carbonyl (C=O) groups excluding carboxylic acids is 1. The number of likely N-dealkylation sites (N-methyl/N-ethyl adjacent to an activating group) is 1. The minimum absolute atomic E-state index is 0.230. The van der Waals surface area contributed by atoms with E-state index in [2.05, 4.69) is 4.98 Å². The zero-order valence-corrected chi connectivity index (χ0v) is 10.9. The zero-order valence-electron chi connectivity index (χ0n) is 10.9. The van der Waals surface area contributed by atoms with Crippen molar-refractivity contribution in [3.05, 3.63) is 34.3 Å². The number of oxazole rings is 1. The Morgan fingerprint density at radius 1 is 1.47 bits per heavy atom. The number of ether oxygens (including phenoxy) is 1. The van der Waals surface area contributed by atoms with Gasteiger partial charge in [0.05, 0.1) is 18.7 Å². The fourth-order valence-corrected chi connectivity index (χ4v) is 1.89. The molecule has 1 heterocycles. The van der Waals surface area contributed by atoms with E-state index in [1.54, 1.807) is 13.0 Å². The summed E-state index contributed by atoms with van der Waals surface area (Å²) in [5.74, 6) is -0.713. The van der Waals surface area contributed by atoms with Gasteiger partial charge in [-0.1, -0.05) is 6.07 Å². The molecule has 0 radical (unpaired) electrons. The van der Waals surface area contributed by atoms with Crippen molar-refractivity contribution in [2.24, 2.45) is 0 Å². The number of H-pyrrole nitrogens is 1. The van der Waals surface area contributed by atoms with E-state index in [0.717, 1.165) is 5.56 Å². The number of hydrogen-bond donors (Lipinski definition) is 1. The van der Waals surface area contributed by atoms with Crippen molar-refractivity contribution >= 4 is 17.1 Å². The van der Waals surface area contributed by atoms with Crippen molar-refractivity contribution in [1.29, 1.82) is 0 Å². The summed E-state index contributed by atoms with van der Waals surface area (Å²) in [4.78, 5) is 26.8. The van der Waals surface area contributed by atoms with Gasteiger partial charge in [-0.25, -0.2) is 4.79 Å². The van der Waals surface area contributed by atoms with Crippen LogP contribution >= 0.6 is 0 Å². The van der Waals surface area contributed by atoms with Crippen molar-refractivity contribution in [3.8, 4) is 0 Å². The zero-order chi connectivity index (χ0) is 13.8. The molecule has 0 saturated carbocycles. The molecule has 1 N–H and O–H groups in total. The molecule has 2 rings (SSSR count). The molecule has 0 amide bonds. The number of hydrogen-bond acceptors (Lipinski definition) is 5. The van der Waals surface area contributed by atoms with Crippen molar-refractivity contribution in [2.75, 3.05) is 20.2 Å². The Bertz CT molecular complexity index is 629. The maximum Gasteiger partial charge on any atom is 0.417 e. The summed E-state index contributed by atoms with van der Waals surface area (Å²) in [6.45, 7) is 2.98. The number of benzene rings is 1. The lowest BCUT2D eigenvalue weighted by molar-refractivity contribution is -0.144. The number of aromatic nitrogens is 1. The molecule has 6 heteroatoms. The molecule has 0 spiro atoms. The standard InChI is InChI=1S/C13H16N2O4/c1-3-18-12(16)8-15(2)7-9-4-5-11-10(6-9)14-13(17)19-11/h4-6H,3,7-8H2,1-2H3,(H,14,17). The van der Waals surface area contributed by atoms with Crippen LogP contribution in [-0.4, -0.2) is 36.1 Å².